The van der Waals surface area contributed by atoms with Crippen LogP contribution in [0.1, 0.15) is 16.7 Å². The van der Waals surface area contributed by atoms with Gasteiger partial charge in [0, 0.05) is 17.0 Å². The molecule has 180 valence electrons. The largest absolute Gasteiger partial charge is 0.523 e. The van der Waals surface area contributed by atoms with Crippen molar-refractivity contribution in [2.45, 2.75) is 20.8 Å². The van der Waals surface area contributed by atoms with Crippen molar-refractivity contribution in [2.75, 3.05) is 7.11 Å². The molecule has 0 radical (unpaired) electrons. The first-order valence-corrected chi connectivity index (χ1v) is 12.5. The van der Waals surface area contributed by atoms with Gasteiger partial charge in [-0.2, -0.15) is 0 Å². The van der Waals surface area contributed by atoms with E-state index in [1.165, 1.54) is 55.6 Å². The first kappa shape index (κ1) is 24.1. The molecule has 5 rings (SSSR count). The Hall–Kier alpha value is -4.61. The molecule has 0 bridgehead atoms. The number of aryl methyl sites for hydroxylation is 3. The number of rotatable bonds is 4. The van der Waals surface area contributed by atoms with Crippen molar-refractivity contribution in [1.82, 2.24) is 0 Å². The topological polar surface area (TPSA) is 13.6 Å². The van der Waals surface area contributed by atoms with Crippen molar-refractivity contribution < 1.29 is 4.74 Å². The standard InChI is InChI=1S/C35H30NO/c1-24-5-11-27(12-6-24)32-21-34(29-15-9-26(3)10-16-29)35(22-33(32)28-13-7-25(2)8-14-28)30-17-19-31(20-18-30)36-23-37-4/h5-22H,1-4H3/q+1. The van der Waals surface area contributed by atoms with Crippen LogP contribution < -0.4 is 0 Å². The molecule has 0 unspecified atom stereocenters. The van der Waals surface area contributed by atoms with Crippen molar-refractivity contribution in [3.05, 3.63) is 131 Å². The summed E-state index contributed by atoms with van der Waals surface area (Å²) in [5.74, 6) is 0. The number of benzene rings is 5. The summed E-state index contributed by atoms with van der Waals surface area (Å²) >= 11 is 0. The molecule has 0 aromatic heterocycles. The SMILES string of the molecule is COC#[N+]c1ccc(-c2cc(-c3ccc(C)cc3)c(-c3ccc(C)cc3)cc2-c2ccc(C)cc2)cc1. The van der Waals surface area contributed by atoms with Crippen LogP contribution in [0.15, 0.2) is 109 Å². The lowest BCUT2D eigenvalue weighted by atomic mass is 9.85. The summed E-state index contributed by atoms with van der Waals surface area (Å²) in [4.78, 5) is 4.21. The van der Waals surface area contributed by atoms with Gasteiger partial charge in [0.2, 0.25) is 0 Å². The Kier molecular flexibility index (Phi) is 6.88. The highest BCUT2D eigenvalue weighted by molar-refractivity contribution is 5.95. The molecule has 5 aromatic carbocycles. The van der Waals surface area contributed by atoms with Crippen molar-refractivity contribution in [3.63, 3.8) is 0 Å². The molecule has 0 atom stereocenters. The molecular formula is C35H30NO+. The van der Waals surface area contributed by atoms with Crippen LogP contribution in [0.2, 0.25) is 0 Å². The van der Waals surface area contributed by atoms with Crippen molar-refractivity contribution in [3.8, 4) is 50.8 Å². The maximum Gasteiger partial charge on any atom is 0.523 e. The fraction of sp³-hybridized carbons (Fsp3) is 0.114. The van der Waals surface area contributed by atoms with Gasteiger partial charge < -0.3 is 4.74 Å². The molecule has 0 fully saturated rings. The molecular weight excluding hydrogens is 450 g/mol. The fourth-order valence-electron chi connectivity index (χ4n) is 4.57. The molecule has 0 spiro atoms. The first-order valence-electron chi connectivity index (χ1n) is 12.5. The third kappa shape index (κ3) is 5.32. The summed E-state index contributed by atoms with van der Waals surface area (Å²) in [6.45, 7) is 6.38. The van der Waals surface area contributed by atoms with Gasteiger partial charge in [0.1, 0.15) is 0 Å². The van der Waals surface area contributed by atoms with Crippen LogP contribution in [0, 0.1) is 27.0 Å². The minimum atomic E-state index is 0.803. The van der Waals surface area contributed by atoms with Crippen molar-refractivity contribution in [2.24, 2.45) is 0 Å². The van der Waals surface area contributed by atoms with Gasteiger partial charge in [-0.3, -0.25) is 0 Å². The zero-order valence-corrected chi connectivity index (χ0v) is 21.7. The van der Waals surface area contributed by atoms with Crippen molar-refractivity contribution in [1.29, 1.82) is 0 Å². The van der Waals surface area contributed by atoms with Crippen LogP contribution >= 0.6 is 0 Å². The Balaban J connectivity index is 1.78. The maximum atomic E-state index is 4.87. The zero-order valence-electron chi connectivity index (χ0n) is 21.7. The van der Waals surface area contributed by atoms with Gasteiger partial charge in [-0.25, -0.2) is 0 Å². The average molecular weight is 481 g/mol. The monoisotopic (exact) mass is 480 g/mol. The Bertz CT molecular complexity index is 1580. The van der Waals surface area contributed by atoms with Gasteiger partial charge in [-0.05, 0) is 89.5 Å². The molecule has 37 heavy (non-hydrogen) atoms. The molecule has 0 heterocycles. The number of nitrogens with zero attached hydrogens (tertiary/aromatic N) is 1. The Labute approximate surface area is 219 Å². The first-order chi connectivity index (χ1) is 18.0. The van der Waals surface area contributed by atoms with E-state index in [9.17, 15) is 0 Å². The third-order valence-electron chi connectivity index (χ3n) is 6.69. The summed E-state index contributed by atoms with van der Waals surface area (Å²) in [7, 11) is 1.55. The maximum absolute atomic E-state index is 4.87. The lowest BCUT2D eigenvalue weighted by Crippen LogP contribution is -1.93. The van der Waals surface area contributed by atoms with E-state index in [1.807, 2.05) is 12.1 Å². The van der Waals surface area contributed by atoms with E-state index in [-0.39, 0.29) is 0 Å². The molecule has 5 aromatic rings. The highest BCUT2D eigenvalue weighted by Crippen LogP contribution is 2.42. The number of hydrogen-bond donors (Lipinski definition) is 0. The van der Waals surface area contributed by atoms with Crippen LogP contribution in [0.25, 0.3) is 49.4 Å². The lowest BCUT2D eigenvalue weighted by Gasteiger charge is -2.18. The Morgan fingerprint density at radius 1 is 0.459 bits per heavy atom. The van der Waals surface area contributed by atoms with Gasteiger partial charge in [0.15, 0.2) is 0 Å². The highest BCUT2D eigenvalue weighted by Gasteiger charge is 2.17. The summed E-state index contributed by atoms with van der Waals surface area (Å²) in [6.07, 6.45) is 2.56. The number of ether oxygens (including phenoxy) is 1. The van der Waals surface area contributed by atoms with Gasteiger partial charge >= 0.3 is 11.9 Å². The summed E-state index contributed by atoms with van der Waals surface area (Å²) in [5, 5.41) is 0. The molecule has 0 amide bonds. The number of methoxy groups -OCH3 is 1. The van der Waals surface area contributed by atoms with E-state index in [0.29, 0.717) is 0 Å². The van der Waals surface area contributed by atoms with E-state index in [2.05, 4.69) is 129 Å². The Morgan fingerprint density at radius 3 is 1.05 bits per heavy atom. The van der Waals surface area contributed by atoms with E-state index in [1.54, 1.807) is 7.11 Å². The van der Waals surface area contributed by atoms with E-state index < -0.39 is 0 Å². The normalized spacial score (nSPS) is 10.5. The minimum absolute atomic E-state index is 0.803. The minimum Gasteiger partial charge on any atom is -0.396 e. The second-order valence-electron chi connectivity index (χ2n) is 9.50. The van der Waals surface area contributed by atoms with Crippen molar-refractivity contribution >= 4 is 5.69 Å². The molecule has 2 heteroatoms. The van der Waals surface area contributed by atoms with Crippen LogP contribution in [0.5, 0.6) is 0 Å². The van der Waals surface area contributed by atoms with Crippen LogP contribution in [-0.4, -0.2) is 7.11 Å². The Morgan fingerprint density at radius 2 is 0.757 bits per heavy atom. The molecule has 0 saturated heterocycles. The van der Waals surface area contributed by atoms with E-state index in [4.69, 9.17) is 4.74 Å². The van der Waals surface area contributed by atoms with Gasteiger partial charge in [-0.15, -0.1) is 0 Å². The molecule has 0 aliphatic rings. The molecule has 0 aliphatic heterocycles. The van der Waals surface area contributed by atoms with E-state index >= 15 is 0 Å². The highest BCUT2D eigenvalue weighted by atomic mass is 16.5. The molecule has 2 nitrogen and oxygen atoms in total. The quantitative estimate of drug-likeness (QED) is 0.233. The van der Waals surface area contributed by atoms with Crippen LogP contribution in [0.3, 0.4) is 0 Å². The summed E-state index contributed by atoms with van der Waals surface area (Å²) in [6, 6.07) is 39.3. The van der Waals surface area contributed by atoms with Gasteiger partial charge in [0.05, 0.1) is 7.11 Å². The molecule has 0 N–H and O–H groups in total. The lowest BCUT2D eigenvalue weighted by molar-refractivity contribution is 0.371. The predicted molar refractivity (Wildman–Crippen MR) is 156 cm³/mol. The predicted octanol–water partition coefficient (Wildman–Crippen LogP) is 9.85. The van der Waals surface area contributed by atoms with E-state index in [0.717, 1.165) is 11.3 Å². The van der Waals surface area contributed by atoms with Crippen LogP contribution in [-0.2, 0) is 4.74 Å². The smallest absolute Gasteiger partial charge is 0.396 e. The average Bonchev–Trinajstić information content (AvgIpc) is 2.93. The van der Waals surface area contributed by atoms with Gasteiger partial charge in [0.25, 0.3) is 0 Å². The third-order valence-corrected chi connectivity index (χ3v) is 6.69. The van der Waals surface area contributed by atoms with Crippen LogP contribution in [0.4, 0.5) is 5.69 Å². The summed E-state index contributed by atoms with van der Waals surface area (Å²) < 4.78 is 4.87. The fourth-order valence-corrected chi connectivity index (χ4v) is 4.57. The van der Waals surface area contributed by atoms with Gasteiger partial charge in [-0.1, -0.05) is 89.5 Å². The zero-order chi connectivity index (χ0) is 25.8. The second-order valence-corrected chi connectivity index (χ2v) is 9.50. The molecule has 0 aliphatic carbocycles. The number of hydrogen-bond acceptors (Lipinski definition) is 1. The second kappa shape index (κ2) is 10.6. The molecule has 0 saturated carbocycles. The summed E-state index contributed by atoms with van der Waals surface area (Å²) in [5.41, 5.74) is 14.1.